The minimum Gasteiger partial charge on any atom is -0.481 e. The normalized spacial score (nSPS) is 11.3. The number of nitrogens with one attached hydrogen (secondary N) is 1. The molecule has 0 amide bonds. The van der Waals surface area contributed by atoms with Crippen molar-refractivity contribution in [2.75, 3.05) is 6.54 Å². The first kappa shape index (κ1) is 21.8. The Morgan fingerprint density at radius 1 is 1.00 bits per heavy atom. The number of aliphatic carboxylic acids is 1. The molecule has 0 bridgehead atoms. The summed E-state index contributed by atoms with van der Waals surface area (Å²) in [6, 6.07) is 19.7. The van der Waals surface area contributed by atoms with E-state index in [0.29, 0.717) is 16.3 Å². The molecule has 3 aromatic carbocycles. The van der Waals surface area contributed by atoms with E-state index in [1.807, 2.05) is 49.4 Å². The van der Waals surface area contributed by atoms with E-state index in [9.17, 15) is 14.7 Å². The zero-order valence-corrected chi connectivity index (χ0v) is 18.5. The summed E-state index contributed by atoms with van der Waals surface area (Å²) in [5.74, 6) is -0.936. The molecule has 0 aliphatic rings. The molecule has 0 atom stereocenters. The molecule has 0 aliphatic heterocycles. The number of carboxylic acids is 1. The van der Waals surface area contributed by atoms with Crippen LogP contribution in [-0.2, 0) is 24.3 Å². The molecule has 2 N–H and O–H groups in total. The maximum Gasteiger partial charge on any atom is 0.307 e. The molecular formula is C27H28N2O3. The second-order valence-electron chi connectivity index (χ2n) is 8.28. The molecule has 5 nitrogen and oxygen atoms in total. The zero-order valence-electron chi connectivity index (χ0n) is 18.5. The fraction of sp³-hybridized carbons (Fsp3) is 0.259. The van der Waals surface area contributed by atoms with Crippen LogP contribution in [0.2, 0.25) is 0 Å². The van der Waals surface area contributed by atoms with Crippen molar-refractivity contribution in [3.8, 4) is 0 Å². The van der Waals surface area contributed by atoms with Crippen LogP contribution in [0.5, 0.6) is 0 Å². The number of rotatable bonds is 8. The van der Waals surface area contributed by atoms with Crippen molar-refractivity contribution in [2.24, 2.45) is 0 Å². The molecule has 1 aromatic heterocycles. The van der Waals surface area contributed by atoms with Crippen molar-refractivity contribution in [3.05, 3.63) is 93.1 Å². The number of pyridine rings is 1. The van der Waals surface area contributed by atoms with Crippen molar-refractivity contribution < 1.29 is 9.90 Å². The van der Waals surface area contributed by atoms with E-state index >= 15 is 0 Å². The standard InChI is InChI=1S/C27H28N2O3/c1-18-12-13-22-26(19(18)2)29(15-7-14-28-17-20-8-4-3-5-9-20)23-11-6-10-21(16-24(30)31)25(23)27(22)32/h3-6,8-13,28H,7,14-17H2,1-2H3,(H,30,31). The van der Waals surface area contributed by atoms with Gasteiger partial charge in [-0.1, -0.05) is 48.5 Å². The number of hydrogen-bond donors (Lipinski definition) is 2. The van der Waals surface area contributed by atoms with Gasteiger partial charge in [-0.25, -0.2) is 0 Å². The van der Waals surface area contributed by atoms with Crippen molar-refractivity contribution in [3.63, 3.8) is 0 Å². The maximum absolute atomic E-state index is 13.4. The molecule has 1 heterocycles. The van der Waals surface area contributed by atoms with E-state index in [2.05, 4.69) is 28.9 Å². The summed E-state index contributed by atoms with van der Waals surface area (Å²) in [7, 11) is 0. The van der Waals surface area contributed by atoms with Gasteiger partial charge in [0, 0.05) is 18.5 Å². The van der Waals surface area contributed by atoms with Gasteiger partial charge in [-0.2, -0.15) is 0 Å². The van der Waals surface area contributed by atoms with Crippen LogP contribution < -0.4 is 10.7 Å². The number of nitrogens with zero attached hydrogens (tertiary/aromatic N) is 1. The van der Waals surface area contributed by atoms with Gasteiger partial charge < -0.3 is 15.0 Å². The van der Waals surface area contributed by atoms with E-state index in [1.54, 1.807) is 6.07 Å². The monoisotopic (exact) mass is 428 g/mol. The second kappa shape index (κ2) is 9.37. The van der Waals surface area contributed by atoms with Crippen LogP contribution >= 0.6 is 0 Å². The summed E-state index contributed by atoms with van der Waals surface area (Å²) in [5.41, 5.74) is 5.69. The van der Waals surface area contributed by atoms with Crippen LogP contribution in [0.25, 0.3) is 21.8 Å². The third-order valence-corrected chi connectivity index (χ3v) is 6.11. The molecule has 4 rings (SSSR count). The van der Waals surface area contributed by atoms with Gasteiger partial charge in [0.15, 0.2) is 5.43 Å². The molecule has 0 saturated carbocycles. The van der Waals surface area contributed by atoms with Crippen LogP contribution in [0.4, 0.5) is 0 Å². The van der Waals surface area contributed by atoms with Gasteiger partial charge in [-0.05, 0) is 61.2 Å². The molecule has 0 fully saturated rings. The number of benzene rings is 3. The average Bonchev–Trinajstić information content (AvgIpc) is 2.78. The summed E-state index contributed by atoms with van der Waals surface area (Å²) < 4.78 is 2.20. The van der Waals surface area contributed by atoms with Gasteiger partial charge in [0.1, 0.15) is 0 Å². The summed E-state index contributed by atoms with van der Waals surface area (Å²) >= 11 is 0. The van der Waals surface area contributed by atoms with Gasteiger partial charge >= 0.3 is 5.97 Å². The smallest absolute Gasteiger partial charge is 0.307 e. The highest BCUT2D eigenvalue weighted by atomic mass is 16.4. The van der Waals surface area contributed by atoms with Crippen LogP contribution in [0.3, 0.4) is 0 Å². The lowest BCUT2D eigenvalue weighted by Crippen LogP contribution is -2.19. The molecule has 0 saturated heterocycles. The predicted octanol–water partition coefficient (Wildman–Crippen LogP) is 4.58. The number of hydrogen-bond acceptors (Lipinski definition) is 3. The first-order valence-electron chi connectivity index (χ1n) is 11.0. The summed E-state index contributed by atoms with van der Waals surface area (Å²) in [4.78, 5) is 24.8. The van der Waals surface area contributed by atoms with Crippen LogP contribution in [0, 0.1) is 13.8 Å². The van der Waals surface area contributed by atoms with Crippen LogP contribution in [0.15, 0.2) is 65.5 Å². The summed E-state index contributed by atoms with van der Waals surface area (Å²) in [6.45, 7) is 6.48. The van der Waals surface area contributed by atoms with Crippen LogP contribution in [-0.4, -0.2) is 22.2 Å². The van der Waals surface area contributed by atoms with Crippen molar-refractivity contribution in [1.29, 1.82) is 0 Å². The molecular weight excluding hydrogens is 400 g/mol. The number of aryl methyl sites for hydroxylation is 3. The molecule has 5 heteroatoms. The minimum atomic E-state index is -0.936. The Morgan fingerprint density at radius 2 is 1.78 bits per heavy atom. The Hall–Kier alpha value is -3.44. The molecule has 4 aromatic rings. The lowest BCUT2D eigenvalue weighted by molar-refractivity contribution is -0.136. The first-order chi connectivity index (χ1) is 15.5. The summed E-state index contributed by atoms with van der Waals surface area (Å²) in [6.07, 6.45) is 0.720. The highest BCUT2D eigenvalue weighted by Crippen LogP contribution is 2.26. The predicted molar refractivity (Wildman–Crippen MR) is 129 cm³/mol. The quantitative estimate of drug-likeness (QED) is 0.318. The van der Waals surface area contributed by atoms with Gasteiger partial charge in [0.2, 0.25) is 0 Å². The SMILES string of the molecule is Cc1ccc2c(=O)c3c(CC(=O)O)cccc3n(CCCNCc3ccccc3)c2c1C. The van der Waals surface area contributed by atoms with E-state index in [4.69, 9.17) is 0 Å². The molecule has 0 spiro atoms. The van der Waals surface area contributed by atoms with Crippen molar-refractivity contribution in [2.45, 2.75) is 39.8 Å². The largest absolute Gasteiger partial charge is 0.481 e. The zero-order chi connectivity index (χ0) is 22.7. The number of fused-ring (bicyclic) bond motifs is 2. The Morgan fingerprint density at radius 3 is 2.53 bits per heavy atom. The van der Waals surface area contributed by atoms with Crippen molar-refractivity contribution in [1.82, 2.24) is 9.88 Å². The average molecular weight is 429 g/mol. The maximum atomic E-state index is 13.4. The second-order valence-corrected chi connectivity index (χ2v) is 8.28. The molecule has 0 radical (unpaired) electrons. The van der Waals surface area contributed by atoms with E-state index in [1.165, 1.54) is 5.56 Å². The fourth-order valence-electron chi connectivity index (χ4n) is 4.39. The number of carboxylic acid groups (broad SMARTS) is 1. The van der Waals surface area contributed by atoms with Gasteiger partial charge in [0.05, 0.1) is 22.8 Å². The van der Waals surface area contributed by atoms with Gasteiger partial charge in [0.25, 0.3) is 0 Å². The lowest BCUT2D eigenvalue weighted by atomic mass is 9.98. The van der Waals surface area contributed by atoms with Crippen molar-refractivity contribution >= 4 is 27.8 Å². The summed E-state index contributed by atoms with van der Waals surface area (Å²) in [5, 5.41) is 14.0. The molecule has 0 aliphatic carbocycles. The topological polar surface area (TPSA) is 71.3 Å². The Balaban J connectivity index is 1.73. The third kappa shape index (κ3) is 4.30. The van der Waals surface area contributed by atoms with Gasteiger partial charge in [-0.15, -0.1) is 0 Å². The number of carbonyl (C=O) groups is 1. The Kier molecular flexibility index (Phi) is 6.37. The van der Waals surface area contributed by atoms with Gasteiger partial charge in [-0.3, -0.25) is 9.59 Å². The van der Waals surface area contributed by atoms with E-state index < -0.39 is 5.97 Å². The minimum absolute atomic E-state index is 0.0894. The Bertz CT molecular complexity index is 1340. The molecule has 0 unspecified atom stereocenters. The van der Waals surface area contributed by atoms with E-state index in [-0.39, 0.29) is 11.8 Å². The molecule has 164 valence electrons. The lowest BCUT2D eigenvalue weighted by Gasteiger charge is -2.19. The number of aromatic nitrogens is 1. The Labute approximate surface area is 187 Å². The fourth-order valence-corrected chi connectivity index (χ4v) is 4.39. The highest BCUT2D eigenvalue weighted by Gasteiger charge is 2.17. The highest BCUT2D eigenvalue weighted by molar-refractivity contribution is 5.97. The molecule has 32 heavy (non-hydrogen) atoms. The third-order valence-electron chi connectivity index (χ3n) is 6.11. The van der Waals surface area contributed by atoms with E-state index in [0.717, 1.165) is 48.2 Å². The first-order valence-corrected chi connectivity index (χ1v) is 11.0. The van der Waals surface area contributed by atoms with Crippen LogP contribution in [0.1, 0.15) is 28.7 Å².